The van der Waals surface area contributed by atoms with E-state index >= 15 is 0 Å². The van der Waals surface area contributed by atoms with Crippen molar-refractivity contribution >= 4 is 10.8 Å². The normalized spacial score (nSPS) is 26.0. The molecule has 4 heteroatoms. The van der Waals surface area contributed by atoms with Crippen molar-refractivity contribution in [2.75, 3.05) is 44.2 Å². The number of nitrogens with one attached hydrogen (secondary N) is 1. The Bertz CT molecular complexity index is 219. The summed E-state index contributed by atoms with van der Waals surface area (Å²) in [6, 6.07) is 0. The molecular weight excluding hydrogens is 220 g/mol. The van der Waals surface area contributed by atoms with Crippen molar-refractivity contribution < 1.29 is 4.21 Å². The first-order valence-electron chi connectivity index (χ1n) is 6.62. The van der Waals surface area contributed by atoms with Gasteiger partial charge in [-0.05, 0) is 51.2 Å². The molecule has 0 atom stereocenters. The summed E-state index contributed by atoms with van der Waals surface area (Å²) in [5, 5.41) is 3.42. The monoisotopic (exact) mass is 244 g/mol. The molecule has 94 valence electrons. The summed E-state index contributed by atoms with van der Waals surface area (Å²) < 4.78 is 11.2. The molecule has 0 amide bonds. The van der Waals surface area contributed by atoms with Crippen LogP contribution in [-0.4, -0.2) is 53.3 Å². The number of hydrogen-bond acceptors (Lipinski definition) is 3. The van der Waals surface area contributed by atoms with E-state index in [4.69, 9.17) is 0 Å². The van der Waals surface area contributed by atoms with Gasteiger partial charge in [0.05, 0.1) is 0 Å². The topological polar surface area (TPSA) is 32.3 Å². The lowest BCUT2D eigenvalue weighted by Crippen LogP contribution is -2.38. The van der Waals surface area contributed by atoms with Crippen LogP contribution in [0.4, 0.5) is 0 Å². The lowest BCUT2D eigenvalue weighted by molar-refractivity contribution is 0.269. The Labute approximate surface area is 101 Å². The second kappa shape index (κ2) is 6.72. The van der Waals surface area contributed by atoms with Crippen LogP contribution in [0.2, 0.25) is 0 Å². The van der Waals surface area contributed by atoms with Crippen LogP contribution in [0.1, 0.15) is 25.7 Å². The van der Waals surface area contributed by atoms with Crippen LogP contribution in [0.5, 0.6) is 0 Å². The maximum absolute atomic E-state index is 11.2. The summed E-state index contributed by atoms with van der Waals surface area (Å²) in [5.74, 6) is 2.75. The van der Waals surface area contributed by atoms with Gasteiger partial charge >= 0.3 is 0 Å². The van der Waals surface area contributed by atoms with E-state index in [2.05, 4.69) is 10.2 Å². The van der Waals surface area contributed by atoms with Gasteiger partial charge in [-0.2, -0.15) is 0 Å². The highest BCUT2D eigenvalue weighted by molar-refractivity contribution is 7.85. The van der Waals surface area contributed by atoms with E-state index in [0.717, 1.165) is 30.5 Å². The van der Waals surface area contributed by atoms with Crippen molar-refractivity contribution in [1.82, 2.24) is 10.2 Å². The molecule has 0 bridgehead atoms. The Hall–Kier alpha value is 0.0700. The zero-order valence-electron chi connectivity index (χ0n) is 10.1. The van der Waals surface area contributed by atoms with Gasteiger partial charge < -0.3 is 10.2 Å². The number of rotatable bonds is 4. The van der Waals surface area contributed by atoms with Crippen molar-refractivity contribution in [3.63, 3.8) is 0 Å². The van der Waals surface area contributed by atoms with Gasteiger partial charge in [-0.1, -0.05) is 0 Å². The minimum atomic E-state index is -0.521. The molecule has 0 aromatic carbocycles. The van der Waals surface area contributed by atoms with Gasteiger partial charge in [-0.3, -0.25) is 4.21 Å². The first-order valence-corrected chi connectivity index (χ1v) is 8.11. The van der Waals surface area contributed by atoms with Crippen LogP contribution >= 0.6 is 0 Å². The number of hydrogen-bond donors (Lipinski definition) is 1. The SMILES string of the molecule is O=S1CCN(CCCC2CCNCC2)CC1. The molecule has 2 aliphatic rings. The zero-order chi connectivity index (χ0) is 11.2. The standard InChI is InChI=1S/C12H24N2OS/c15-16-10-8-14(9-11-16)7-1-2-12-3-5-13-6-4-12/h12-13H,1-11H2. The van der Waals surface area contributed by atoms with E-state index in [0.29, 0.717) is 0 Å². The van der Waals surface area contributed by atoms with Gasteiger partial charge in [-0.25, -0.2) is 0 Å². The van der Waals surface area contributed by atoms with Crippen LogP contribution in [0.25, 0.3) is 0 Å². The molecule has 0 aromatic rings. The lowest BCUT2D eigenvalue weighted by Gasteiger charge is -2.27. The quantitative estimate of drug-likeness (QED) is 0.795. The van der Waals surface area contributed by atoms with E-state index < -0.39 is 10.8 Å². The van der Waals surface area contributed by atoms with Crippen molar-refractivity contribution in [3.05, 3.63) is 0 Å². The molecule has 0 unspecified atom stereocenters. The van der Waals surface area contributed by atoms with Gasteiger partial charge in [0.25, 0.3) is 0 Å². The van der Waals surface area contributed by atoms with Crippen LogP contribution in [0.15, 0.2) is 0 Å². The molecule has 0 radical (unpaired) electrons. The van der Waals surface area contributed by atoms with Gasteiger partial charge in [-0.15, -0.1) is 0 Å². The second-order valence-corrected chi connectivity index (χ2v) is 6.72. The van der Waals surface area contributed by atoms with E-state index in [1.807, 2.05) is 0 Å². The fourth-order valence-corrected chi connectivity index (χ4v) is 3.80. The molecule has 0 aliphatic carbocycles. The third kappa shape index (κ3) is 4.15. The average Bonchev–Trinajstić information content (AvgIpc) is 2.33. The second-order valence-electron chi connectivity index (χ2n) is 5.03. The molecule has 1 N–H and O–H groups in total. The highest BCUT2D eigenvalue weighted by Crippen LogP contribution is 2.18. The highest BCUT2D eigenvalue weighted by Gasteiger charge is 2.16. The summed E-state index contributed by atoms with van der Waals surface area (Å²) in [6.45, 7) is 5.76. The summed E-state index contributed by atoms with van der Waals surface area (Å²) in [4.78, 5) is 2.49. The fraction of sp³-hybridized carbons (Fsp3) is 1.00. The Balaban J connectivity index is 1.55. The Kier molecular flexibility index (Phi) is 5.26. The predicted octanol–water partition coefficient (Wildman–Crippen LogP) is 0.831. The molecule has 2 fully saturated rings. The summed E-state index contributed by atoms with van der Waals surface area (Å²) in [5.41, 5.74) is 0. The largest absolute Gasteiger partial charge is 0.317 e. The summed E-state index contributed by atoms with van der Waals surface area (Å²) in [6.07, 6.45) is 5.45. The van der Waals surface area contributed by atoms with E-state index in [1.54, 1.807) is 0 Å². The Morgan fingerprint density at radius 2 is 1.88 bits per heavy atom. The van der Waals surface area contributed by atoms with Crippen molar-refractivity contribution in [1.29, 1.82) is 0 Å². The van der Waals surface area contributed by atoms with Gasteiger partial charge in [0.1, 0.15) is 0 Å². The molecule has 0 spiro atoms. The lowest BCUT2D eigenvalue weighted by atomic mass is 9.93. The van der Waals surface area contributed by atoms with E-state index in [9.17, 15) is 4.21 Å². The Morgan fingerprint density at radius 3 is 2.56 bits per heavy atom. The fourth-order valence-electron chi connectivity index (χ4n) is 2.67. The molecule has 16 heavy (non-hydrogen) atoms. The van der Waals surface area contributed by atoms with Crippen LogP contribution in [-0.2, 0) is 10.8 Å². The zero-order valence-corrected chi connectivity index (χ0v) is 10.9. The van der Waals surface area contributed by atoms with Crippen molar-refractivity contribution in [2.24, 2.45) is 5.92 Å². The summed E-state index contributed by atoms with van der Waals surface area (Å²) in [7, 11) is -0.521. The first kappa shape index (κ1) is 12.5. The molecule has 2 heterocycles. The summed E-state index contributed by atoms with van der Waals surface area (Å²) >= 11 is 0. The molecular formula is C12H24N2OS. The smallest absolute Gasteiger partial charge is 0.0363 e. The van der Waals surface area contributed by atoms with Gasteiger partial charge in [0, 0.05) is 35.4 Å². The molecule has 0 aromatic heterocycles. The third-order valence-corrected chi connectivity index (χ3v) is 5.09. The first-order chi connectivity index (χ1) is 7.84. The van der Waals surface area contributed by atoms with Crippen molar-refractivity contribution in [2.45, 2.75) is 25.7 Å². The molecule has 2 aliphatic heterocycles. The molecule has 2 rings (SSSR count). The van der Waals surface area contributed by atoms with Crippen molar-refractivity contribution in [3.8, 4) is 0 Å². The van der Waals surface area contributed by atoms with Gasteiger partial charge in [0.2, 0.25) is 0 Å². The van der Waals surface area contributed by atoms with Crippen LogP contribution in [0.3, 0.4) is 0 Å². The molecule has 3 nitrogen and oxygen atoms in total. The highest BCUT2D eigenvalue weighted by atomic mass is 32.2. The number of nitrogens with zero attached hydrogens (tertiary/aromatic N) is 1. The van der Waals surface area contributed by atoms with E-state index in [1.165, 1.54) is 45.3 Å². The molecule has 2 saturated heterocycles. The minimum Gasteiger partial charge on any atom is -0.317 e. The van der Waals surface area contributed by atoms with Crippen LogP contribution < -0.4 is 5.32 Å². The predicted molar refractivity (Wildman–Crippen MR) is 69.1 cm³/mol. The third-order valence-electron chi connectivity index (χ3n) is 3.82. The van der Waals surface area contributed by atoms with Gasteiger partial charge in [0.15, 0.2) is 0 Å². The van der Waals surface area contributed by atoms with Crippen LogP contribution in [0, 0.1) is 5.92 Å². The maximum atomic E-state index is 11.2. The minimum absolute atomic E-state index is 0.521. The van der Waals surface area contributed by atoms with E-state index in [-0.39, 0.29) is 0 Å². The average molecular weight is 244 g/mol. The molecule has 0 saturated carbocycles. The Morgan fingerprint density at radius 1 is 1.19 bits per heavy atom. The maximum Gasteiger partial charge on any atom is 0.0363 e. The number of piperidine rings is 1.